The first-order chi connectivity index (χ1) is 13.3. The fourth-order valence-electron chi connectivity index (χ4n) is 2.40. The van der Waals surface area contributed by atoms with Crippen LogP contribution in [0.15, 0.2) is 36.4 Å². The van der Waals surface area contributed by atoms with Crippen LogP contribution in [-0.4, -0.2) is 28.1 Å². The summed E-state index contributed by atoms with van der Waals surface area (Å²) in [5.74, 6) is -1.46. The van der Waals surface area contributed by atoms with Crippen LogP contribution >= 0.6 is 0 Å². The van der Waals surface area contributed by atoms with Crippen LogP contribution in [-0.2, 0) is 11.0 Å². The second kappa shape index (κ2) is 8.03. The molecule has 11 heteroatoms. The molecule has 0 aliphatic heterocycles. The third kappa shape index (κ3) is 5.41. The fraction of sp³-hybridized carbons (Fsp3) is 0.278. The third-order valence-electron chi connectivity index (χ3n) is 3.87. The van der Waals surface area contributed by atoms with Crippen molar-refractivity contribution in [3.63, 3.8) is 0 Å². The maximum absolute atomic E-state index is 13.2. The highest BCUT2D eigenvalue weighted by molar-refractivity contribution is 5.97. The van der Waals surface area contributed by atoms with Crippen LogP contribution in [0, 0.1) is 22.9 Å². The lowest BCUT2D eigenvalue weighted by molar-refractivity contribution is -0.388. The van der Waals surface area contributed by atoms with E-state index in [4.69, 9.17) is 4.74 Å². The summed E-state index contributed by atoms with van der Waals surface area (Å²) in [7, 11) is 0. The fourth-order valence-corrected chi connectivity index (χ4v) is 2.40. The van der Waals surface area contributed by atoms with E-state index in [1.807, 2.05) is 0 Å². The number of nitro benzene ring substituents is 1. The molecule has 1 amide bonds. The van der Waals surface area contributed by atoms with Crippen molar-refractivity contribution in [2.24, 2.45) is 0 Å². The molecule has 2 aromatic rings. The van der Waals surface area contributed by atoms with Gasteiger partial charge in [0.2, 0.25) is 0 Å². The average molecular weight is 416 g/mol. The first-order valence-corrected chi connectivity index (χ1v) is 8.09. The number of ether oxygens (including phenoxy) is 1. The topological polar surface area (TPSA) is 102 Å². The molecule has 0 spiro atoms. The van der Waals surface area contributed by atoms with Gasteiger partial charge < -0.3 is 15.2 Å². The number of alkyl halides is 3. The summed E-state index contributed by atoms with van der Waals surface area (Å²) >= 11 is 0. The van der Waals surface area contributed by atoms with Crippen molar-refractivity contribution in [1.29, 1.82) is 0 Å². The maximum Gasteiger partial charge on any atom is 0.423 e. The second-order valence-corrected chi connectivity index (χ2v) is 6.41. The Hall–Kier alpha value is -3.21. The lowest BCUT2D eigenvalue weighted by Crippen LogP contribution is -2.45. The first-order valence-electron chi connectivity index (χ1n) is 8.09. The first kappa shape index (κ1) is 22.1. The number of nitrogens with one attached hydrogen (secondary N) is 1. The average Bonchev–Trinajstić information content (AvgIpc) is 2.59. The number of anilines is 1. The Morgan fingerprint density at radius 1 is 1.24 bits per heavy atom. The summed E-state index contributed by atoms with van der Waals surface area (Å²) in [6, 6.07) is 6.13. The lowest BCUT2D eigenvalue weighted by Gasteiger charge is -2.23. The van der Waals surface area contributed by atoms with Crippen LogP contribution in [0.3, 0.4) is 0 Å². The van der Waals surface area contributed by atoms with Gasteiger partial charge in [0.1, 0.15) is 23.7 Å². The molecule has 0 fully saturated rings. The molecule has 0 unspecified atom stereocenters. The van der Waals surface area contributed by atoms with Crippen LogP contribution in [0.1, 0.15) is 18.1 Å². The van der Waals surface area contributed by atoms with Gasteiger partial charge in [0, 0.05) is 11.3 Å². The van der Waals surface area contributed by atoms with Gasteiger partial charge in [0.25, 0.3) is 11.6 Å². The molecular formula is C18H16F4N2O5. The zero-order valence-corrected chi connectivity index (χ0v) is 15.2. The summed E-state index contributed by atoms with van der Waals surface area (Å²) in [5, 5.41) is 23.3. The van der Waals surface area contributed by atoms with Crippen LogP contribution in [0.4, 0.5) is 28.9 Å². The van der Waals surface area contributed by atoms with Crippen molar-refractivity contribution in [3.05, 3.63) is 63.5 Å². The molecule has 2 N–H and O–H groups in total. The van der Waals surface area contributed by atoms with E-state index in [1.165, 1.54) is 12.1 Å². The standard InChI is InChI=1S/C18H16F4N2O5/c1-10-7-12(8-14(18(20,21)22)15(10)24(27)28)23-16(25)17(2,26)9-29-13-5-3-11(19)4-6-13/h3-8,26H,9H2,1-2H3,(H,23,25)/t17-/m0/s1. The molecule has 2 aromatic carbocycles. The van der Waals surface area contributed by atoms with Crippen LogP contribution in [0.2, 0.25) is 0 Å². The molecule has 156 valence electrons. The summed E-state index contributed by atoms with van der Waals surface area (Å²) in [4.78, 5) is 22.1. The molecule has 0 bridgehead atoms. The Bertz CT molecular complexity index is 927. The number of aliphatic hydroxyl groups is 1. The van der Waals surface area contributed by atoms with Gasteiger partial charge in [-0.3, -0.25) is 14.9 Å². The summed E-state index contributed by atoms with van der Waals surface area (Å²) in [5.41, 5.74) is -5.51. The highest BCUT2D eigenvalue weighted by Crippen LogP contribution is 2.39. The molecular weight excluding hydrogens is 400 g/mol. The molecule has 0 aliphatic rings. The molecule has 0 saturated carbocycles. The van der Waals surface area contributed by atoms with Crippen molar-refractivity contribution >= 4 is 17.3 Å². The Balaban J connectivity index is 2.21. The van der Waals surface area contributed by atoms with Crippen molar-refractivity contribution in [3.8, 4) is 5.75 Å². The number of aryl methyl sites for hydroxylation is 1. The van der Waals surface area contributed by atoms with E-state index in [2.05, 4.69) is 5.32 Å². The number of hydrogen-bond donors (Lipinski definition) is 2. The zero-order valence-electron chi connectivity index (χ0n) is 15.2. The molecule has 0 radical (unpaired) electrons. The Kier molecular flexibility index (Phi) is 6.12. The number of nitro groups is 1. The van der Waals surface area contributed by atoms with E-state index in [0.717, 1.165) is 32.0 Å². The molecule has 1 atom stereocenters. The summed E-state index contributed by atoms with van der Waals surface area (Å²) < 4.78 is 57.5. The zero-order chi connectivity index (χ0) is 22.0. The predicted octanol–water partition coefficient (Wildman–Crippen LogP) is 3.83. The molecule has 2 rings (SSSR count). The Morgan fingerprint density at radius 2 is 1.83 bits per heavy atom. The van der Waals surface area contributed by atoms with E-state index in [1.54, 1.807) is 0 Å². The SMILES string of the molecule is Cc1cc(NC(=O)[C@@](C)(O)COc2ccc(F)cc2)cc(C(F)(F)F)c1[N+](=O)[O-]. The van der Waals surface area contributed by atoms with Crippen molar-refractivity contribution in [1.82, 2.24) is 0 Å². The Morgan fingerprint density at radius 3 is 2.34 bits per heavy atom. The smallest absolute Gasteiger partial charge is 0.423 e. The second-order valence-electron chi connectivity index (χ2n) is 6.41. The quantitative estimate of drug-likeness (QED) is 0.423. The number of carbonyl (C=O) groups is 1. The number of rotatable bonds is 6. The maximum atomic E-state index is 13.2. The van der Waals surface area contributed by atoms with E-state index in [9.17, 15) is 37.6 Å². The third-order valence-corrected chi connectivity index (χ3v) is 3.87. The number of hydrogen-bond acceptors (Lipinski definition) is 5. The van der Waals surface area contributed by atoms with Gasteiger partial charge in [-0.2, -0.15) is 13.2 Å². The summed E-state index contributed by atoms with van der Waals surface area (Å²) in [6.07, 6.45) is -5.03. The molecule has 0 aliphatic carbocycles. The van der Waals surface area contributed by atoms with Crippen LogP contribution in [0.5, 0.6) is 5.75 Å². The molecule has 0 saturated heterocycles. The predicted molar refractivity (Wildman–Crippen MR) is 94.0 cm³/mol. The van der Waals surface area contributed by atoms with Crippen LogP contribution < -0.4 is 10.1 Å². The number of carbonyl (C=O) groups excluding carboxylic acids is 1. The van der Waals surface area contributed by atoms with Gasteiger partial charge >= 0.3 is 6.18 Å². The largest absolute Gasteiger partial charge is 0.490 e. The van der Waals surface area contributed by atoms with E-state index in [0.29, 0.717) is 6.07 Å². The molecule has 0 heterocycles. The van der Waals surface area contributed by atoms with E-state index >= 15 is 0 Å². The number of nitrogens with zero attached hydrogens (tertiary/aromatic N) is 1. The van der Waals surface area contributed by atoms with Crippen molar-refractivity contribution < 1.29 is 37.1 Å². The van der Waals surface area contributed by atoms with E-state index in [-0.39, 0.29) is 17.0 Å². The van der Waals surface area contributed by atoms with Crippen molar-refractivity contribution in [2.45, 2.75) is 25.6 Å². The van der Waals surface area contributed by atoms with Gasteiger partial charge in [-0.15, -0.1) is 0 Å². The van der Waals surface area contributed by atoms with Gasteiger partial charge in [-0.1, -0.05) is 0 Å². The number of benzene rings is 2. The van der Waals surface area contributed by atoms with Gasteiger partial charge in [0.05, 0.1) is 4.92 Å². The number of amides is 1. The van der Waals surface area contributed by atoms with Crippen LogP contribution in [0.25, 0.3) is 0 Å². The highest BCUT2D eigenvalue weighted by Gasteiger charge is 2.40. The monoisotopic (exact) mass is 416 g/mol. The highest BCUT2D eigenvalue weighted by atomic mass is 19.4. The Labute approximate surface area is 162 Å². The normalized spacial score (nSPS) is 13.5. The van der Waals surface area contributed by atoms with Crippen molar-refractivity contribution in [2.75, 3.05) is 11.9 Å². The molecule has 7 nitrogen and oxygen atoms in total. The van der Waals surface area contributed by atoms with Gasteiger partial charge in [0.15, 0.2) is 5.60 Å². The molecule has 29 heavy (non-hydrogen) atoms. The van der Waals surface area contributed by atoms with Gasteiger partial charge in [-0.05, 0) is 50.2 Å². The van der Waals surface area contributed by atoms with Gasteiger partial charge in [-0.25, -0.2) is 4.39 Å². The lowest BCUT2D eigenvalue weighted by atomic mass is 10.0. The number of halogens is 4. The summed E-state index contributed by atoms with van der Waals surface area (Å²) in [6.45, 7) is 1.58. The minimum atomic E-state index is -5.03. The van der Waals surface area contributed by atoms with E-state index < -0.39 is 46.3 Å². The molecule has 0 aromatic heterocycles. The minimum absolute atomic E-state index is 0.157. The minimum Gasteiger partial charge on any atom is -0.490 e.